The lowest BCUT2D eigenvalue weighted by Gasteiger charge is -2.12. The number of hydrogen-bond donors (Lipinski definition) is 1. The minimum Gasteiger partial charge on any atom is -0.340 e. The van der Waals surface area contributed by atoms with Crippen molar-refractivity contribution in [3.8, 4) is 11.4 Å². The lowest BCUT2D eigenvalue weighted by Crippen LogP contribution is -1.99. The van der Waals surface area contributed by atoms with Gasteiger partial charge in [0.25, 0.3) is 0 Å². The van der Waals surface area contributed by atoms with E-state index in [1.54, 1.807) is 0 Å². The van der Waals surface area contributed by atoms with Crippen molar-refractivity contribution >= 4 is 45.0 Å². The molecule has 122 valence electrons. The average Bonchev–Trinajstić information content (AvgIpc) is 2.65. The molecule has 3 nitrogen and oxygen atoms in total. The molecule has 0 saturated carbocycles. The van der Waals surface area contributed by atoms with E-state index >= 15 is 0 Å². The van der Waals surface area contributed by atoms with Crippen LogP contribution in [0.5, 0.6) is 0 Å². The molecular weight excluding hydrogens is 421 g/mol. The molecule has 0 atom stereocenters. The maximum absolute atomic E-state index is 4.79. The van der Waals surface area contributed by atoms with Crippen LogP contribution >= 0.6 is 22.6 Å². The molecule has 0 spiro atoms. The number of benzene rings is 3. The highest BCUT2D eigenvalue weighted by Gasteiger charge is 2.09. The average molecular weight is 437 g/mol. The van der Waals surface area contributed by atoms with Crippen LogP contribution in [0.25, 0.3) is 22.3 Å². The highest BCUT2D eigenvalue weighted by atomic mass is 127. The van der Waals surface area contributed by atoms with Gasteiger partial charge in [0.2, 0.25) is 0 Å². The van der Waals surface area contributed by atoms with Crippen LogP contribution in [-0.4, -0.2) is 9.97 Å². The first-order valence-corrected chi connectivity index (χ1v) is 9.14. The van der Waals surface area contributed by atoms with Gasteiger partial charge in [0.1, 0.15) is 5.82 Å². The predicted molar refractivity (Wildman–Crippen MR) is 112 cm³/mol. The summed E-state index contributed by atoms with van der Waals surface area (Å²) in [6.07, 6.45) is 0. The number of aryl methyl sites for hydroxylation is 1. The summed E-state index contributed by atoms with van der Waals surface area (Å²) in [5, 5.41) is 4.48. The molecule has 4 heteroatoms. The van der Waals surface area contributed by atoms with E-state index in [9.17, 15) is 0 Å². The maximum atomic E-state index is 4.79. The van der Waals surface area contributed by atoms with Crippen molar-refractivity contribution in [1.29, 1.82) is 0 Å². The number of hydrogen-bond acceptors (Lipinski definition) is 3. The smallest absolute Gasteiger partial charge is 0.162 e. The largest absolute Gasteiger partial charge is 0.340 e. The lowest BCUT2D eigenvalue weighted by atomic mass is 10.1. The van der Waals surface area contributed by atoms with Crippen molar-refractivity contribution in [2.75, 3.05) is 5.32 Å². The van der Waals surface area contributed by atoms with Crippen molar-refractivity contribution in [3.63, 3.8) is 0 Å². The second kappa shape index (κ2) is 6.80. The van der Waals surface area contributed by atoms with Crippen LogP contribution in [-0.2, 0) is 0 Å². The van der Waals surface area contributed by atoms with E-state index in [1.807, 2.05) is 54.6 Å². The Bertz CT molecular complexity index is 1050. The van der Waals surface area contributed by atoms with E-state index in [1.165, 1.54) is 9.13 Å². The lowest BCUT2D eigenvalue weighted by molar-refractivity contribution is 1.22. The Labute approximate surface area is 160 Å². The van der Waals surface area contributed by atoms with Crippen LogP contribution in [0.1, 0.15) is 5.56 Å². The van der Waals surface area contributed by atoms with E-state index < -0.39 is 0 Å². The van der Waals surface area contributed by atoms with Crippen LogP contribution in [0.3, 0.4) is 0 Å². The molecule has 0 aliphatic heterocycles. The number of fused-ring (bicyclic) bond motifs is 1. The fourth-order valence-electron chi connectivity index (χ4n) is 2.75. The number of aromatic nitrogens is 2. The molecule has 0 unspecified atom stereocenters. The predicted octanol–water partition coefficient (Wildman–Crippen LogP) is 5.95. The number of halogens is 1. The zero-order valence-corrected chi connectivity index (χ0v) is 15.9. The summed E-state index contributed by atoms with van der Waals surface area (Å²) in [6.45, 7) is 2.11. The zero-order valence-electron chi connectivity index (χ0n) is 13.7. The van der Waals surface area contributed by atoms with Gasteiger partial charge >= 0.3 is 0 Å². The van der Waals surface area contributed by atoms with Gasteiger partial charge in [-0.3, -0.25) is 0 Å². The van der Waals surface area contributed by atoms with Crippen molar-refractivity contribution < 1.29 is 0 Å². The molecule has 0 amide bonds. The fraction of sp³-hybridized carbons (Fsp3) is 0.0476. The highest BCUT2D eigenvalue weighted by Crippen LogP contribution is 2.28. The molecule has 1 heterocycles. The number of nitrogens with zero attached hydrogens (tertiary/aromatic N) is 2. The van der Waals surface area contributed by atoms with E-state index in [-0.39, 0.29) is 0 Å². The highest BCUT2D eigenvalue weighted by molar-refractivity contribution is 14.1. The van der Waals surface area contributed by atoms with E-state index in [0.29, 0.717) is 0 Å². The van der Waals surface area contributed by atoms with Crippen LogP contribution in [0.4, 0.5) is 11.5 Å². The van der Waals surface area contributed by atoms with Crippen molar-refractivity contribution in [2.45, 2.75) is 6.92 Å². The van der Waals surface area contributed by atoms with E-state index in [2.05, 4.69) is 53.0 Å². The minimum absolute atomic E-state index is 0.726. The number of nitrogens with one attached hydrogen (secondary N) is 1. The van der Waals surface area contributed by atoms with Crippen molar-refractivity contribution in [2.24, 2.45) is 0 Å². The Balaban J connectivity index is 1.85. The molecule has 3 aromatic carbocycles. The molecule has 0 bridgehead atoms. The molecule has 0 saturated heterocycles. The number of anilines is 2. The summed E-state index contributed by atoms with van der Waals surface area (Å²) >= 11 is 2.35. The summed E-state index contributed by atoms with van der Waals surface area (Å²) in [6, 6.07) is 24.5. The van der Waals surface area contributed by atoms with Gasteiger partial charge < -0.3 is 5.32 Å². The Morgan fingerprint density at radius 3 is 2.40 bits per heavy atom. The Hall–Kier alpha value is -2.47. The maximum Gasteiger partial charge on any atom is 0.162 e. The van der Waals surface area contributed by atoms with Crippen LogP contribution in [0.15, 0.2) is 72.8 Å². The van der Waals surface area contributed by atoms with Gasteiger partial charge in [-0.1, -0.05) is 42.5 Å². The number of rotatable bonds is 3. The fourth-order valence-corrected chi connectivity index (χ4v) is 3.08. The van der Waals surface area contributed by atoms with E-state index in [0.717, 1.165) is 33.8 Å². The van der Waals surface area contributed by atoms with Gasteiger partial charge in [-0.15, -0.1) is 0 Å². The van der Waals surface area contributed by atoms with Gasteiger partial charge in [0, 0.05) is 20.2 Å². The van der Waals surface area contributed by atoms with Gasteiger partial charge in [-0.2, -0.15) is 0 Å². The quantitative estimate of drug-likeness (QED) is 0.403. The molecule has 4 rings (SSSR count). The minimum atomic E-state index is 0.726. The Kier molecular flexibility index (Phi) is 4.36. The molecule has 4 aromatic rings. The summed E-state index contributed by atoms with van der Waals surface area (Å²) in [7, 11) is 0. The first-order chi connectivity index (χ1) is 12.2. The van der Waals surface area contributed by atoms with Crippen molar-refractivity contribution in [3.05, 3.63) is 81.9 Å². The number of para-hydroxylation sites is 1. The second-order valence-corrected chi connectivity index (χ2v) is 7.03. The standard InChI is InChI=1S/C21H16IN3/c1-14-13-16(11-12-18(14)22)23-21-17-9-5-6-10-19(17)24-20(25-21)15-7-3-2-4-8-15/h2-13H,1H3,(H,23,24,25). The molecule has 25 heavy (non-hydrogen) atoms. The molecular formula is C21H16IN3. The molecule has 0 fully saturated rings. The molecule has 0 radical (unpaired) electrons. The monoisotopic (exact) mass is 437 g/mol. The van der Waals surface area contributed by atoms with Gasteiger partial charge in [0.05, 0.1) is 5.52 Å². The molecule has 0 aliphatic carbocycles. The summed E-state index contributed by atoms with van der Waals surface area (Å²) in [4.78, 5) is 9.52. The van der Waals surface area contributed by atoms with Crippen LogP contribution in [0, 0.1) is 10.5 Å². The zero-order chi connectivity index (χ0) is 17.2. The molecule has 0 aliphatic rings. The summed E-state index contributed by atoms with van der Waals surface area (Å²) in [5.41, 5.74) is 4.21. The van der Waals surface area contributed by atoms with Gasteiger partial charge in [-0.25, -0.2) is 9.97 Å². The summed E-state index contributed by atoms with van der Waals surface area (Å²) < 4.78 is 1.25. The Morgan fingerprint density at radius 1 is 0.840 bits per heavy atom. The SMILES string of the molecule is Cc1cc(Nc2nc(-c3ccccc3)nc3ccccc23)ccc1I. The van der Waals surface area contributed by atoms with Crippen LogP contribution < -0.4 is 5.32 Å². The molecule has 1 aromatic heterocycles. The summed E-state index contributed by atoms with van der Waals surface area (Å²) in [5.74, 6) is 1.55. The van der Waals surface area contributed by atoms with Gasteiger partial charge in [0.15, 0.2) is 5.82 Å². The second-order valence-electron chi connectivity index (χ2n) is 5.87. The van der Waals surface area contributed by atoms with E-state index in [4.69, 9.17) is 9.97 Å². The third-order valence-electron chi connectivity index (χ3n) is 4.06. The normalized spacial score (nSPS) is 10.8. The molecule has 1 N–H and O–H groups in total. The third-order valence-corrected chi connectivity index (χ3v) is 5.27. The first-order valence-electron chi connectivity index (χ1n) is 8.06. The van der Waals surface area contributed by atoms with Gasteiger partial charge in [-0.05, 0) is 65.4 Å². The van der Waals surface area contributed by atoms with Crippen molar-refractivity contribution in [1.82, 2.24) is 9.97 Å². The van der Waals surface area contributed by atoms with Crippen LogP contribution in [0.2, 0.25) is 0 Å². The first kappa shape index (κ1) is 16.0. The Morgan fingerprint density at radius 2 is 1.60 bits per heavy atom. The third kappa shape index (κ3) is 3.35. The topological polar surface area (TPSA) is 37.8 Å².